The van der Waals surface area contributed by atoms with Gasteiger partial charge < -0.3 is 10.2 Å². The first-order valence-corrected chi connectivity index (χ1v) is 8.05. The molecule has 0 saturated carbocycles. The maximum atomic E-state index is 4.81. The molecule has 1 N–H and O–H groups in total. The standard InChI is InChI=1S/C16H20BrN3.ClH/c1-3-12-5-4-6-13-15(12)19-11(2)14(17)16(13)20-9-7-18-8-10-20;/h4-6,18H,3,7-10H2,1-2H3;1H. The first-order valence-electron chi connectivity index (χ1n) is 7.25. The van der Waals surface area contributed by atoms with Crippen molar-refractivity contribution in [1.29, 1.82) is 0 Å². The molecule has 3 nitrogen and oxygen atoms in total. The Bertz CT molecular complexity index is 639. The second kappa shape index (κ2) is 6.95. The number of rotatable bonds is 2. The van der Waals surface area contributed by atoms with Crippen LogP contribution < -0.4 is 10.2 Å². The number of nitrogens with one attached hydrogen (secondary N) is 1. The highest BCUT2D eigenvalue weighted by molar-refractivity contribution is 9.10. The van der Waals surface area contributed by atoms with Gasteiger partial charge in [-0.3, -0.25) is 4.98 Å². The fourth-order valence-corrected chi connectivity index (χ4v) is 3.46. The molecular formula is C16H21BrClN3. The van der Waals surface area contributed by atoms with Gasteiger partial charge in [-0.15, -0.1) is 12.4 Å². The van der Waals surface area contributed by atoms with Crippen molar-refractivity contribution in [1.82, 2.24) is 10.3 Å². The molecule has 21 heavy (non-hydrogen) atoms. The molecule has 0 atom stereocenters. The van der Waals surface area contributed by atoms with Crippen LogP contribution in [0.1, 0.15) is 18.2 Å². The van der Waals surface area contributed by atoms with Gasteiger partial charge in [-0.1, -0.05) is 25.1 Å². The number of fused-ring (bicyclic) bond motifs is 1. The van der Waals surface area contributed by atoms with Gasteiger partial charge in [0.05, 0.1) is 21.4 Å². The summed E-state index contributed by atoms with van der Waals surface area (Å²) in [5.74, 6) is 0. The van der Waals surface area contributed by atoms with Crippen molar-refractivity contribution >= 4 is 44.9 Å². The second-order valence-electron chi connectivity index (χ2n) is 5.26. The van der Waals surface area contributed by atoms with Gasteiger partial charge in [0, 0.05) is 31.6 Å². The Hall–Kier alpha value is -0.840. The molecule has 0 unspecified atom stereocenters. The monoisotopic (exact) mass is 369 g/mol. The molecule has 1 aliphatic rings. The summed E-state index contributed by atoms with van der Waals surface area (Å²) in [6.45, 7) is 8.46. The molecule has 1 aromatic carbocycles. The summed E-state index contributed by atoms with van der Waals surface area (Å²) in [6, 6.07) is 6.53. The molecule has 0 bridgehead atoms. The molecule has 0 amide bonds. The molecular weight excluding hydrogens is 350 g/mol. The SMILES string of the molecule is CCc1cccc2c(N3CCNCC3)c(Br)c(C)nc12.Cl. The van der Waals surface area contributed by atoms with E-state index in [0.717, 1.165) is 48.3 Å². The van der Waals surface area contributed by atoms with Crippen LogP contribution in [0.15, 0.2) is 22.7 Å². The van der Waals surface area contributed by atoms with E-state index in [4.69, 9.17) is 4.98 Å². The van der Waals surface area contributed by atoms with Gasteiger partial charge in [-0.05, 0) is 34.8 Å². The number of nitrogens with zero attached hydrogens (tertiary/aromatic N) is 2. The lowest BCUT2D eigenvalue weighted by Gasteiger charge is -2.31. The fraction of sp³-hybridized carbons (Fsp3) is 0.438. The van der Waals surface area contributed by atoms with E-state index in [1.54, 1.807) is 0 Å². The minimum Gasteiger partial charge on any atom is -0.367 e. The molecule has 1 aliphatic heterocycles. The minimum absolute atomic E-state index is 0. The van der Waals surface area contributed by atoms with E-state index >= 15 is 0 Å². The first kappa shape index (κ1) is 16.5. The van der Waals surface area contributed by atoms with Gasteiger partial charge in [0.15, 0.2) is 0 Å². The lowest BCUT2D eigenvalue weighted by molar-refractivity contribution is 0.589. The molecule has 0 spiro atoms. The molecule has 2 aromatic rings. The molecule has 3 rings (SSSR count). The molecule has 1 saturated heterocycles. The van der Waals surface area contributed by atoms with E-state index in [1.807, 2.05) is 0 Å². The van der Waals surface area contributed by atoms with Gasteiger partial charge in [0.1, 0.15) is 0 Å². The van der Waals surface area contributed by atoms with Crippen molar-refractivity contribution in [2.45, 2.75) is 20.3 Å². The smallest absolute Gasteiger partial charge is 0.0758 e. The van der Waals surface area contributed by atoms with Gasteiger partial charge >= 0.3 is 0 Å². The summed E-state index contributed by atoms with van der Waals surface area (Å²) in [4.78, 5) is 7.28. The van der Waals surface area contributed by atoms with Crippen molar-refractivity contribution in [2.24, 2.45) is 0 Å². The number of halogens is 2. The zero-order valence-electron chi connectivity index (χ0n) is 12.4. The molecule has 0 radical (unpaired) electrons. The fourth-order valence-electron chi connectivity index (χ4n) is 2.90. The van der Waals surface area contributed by atoms with Crippen LogP contribution in [0.2, 0.25) is 0 Å². The average Bonchev–Trinajstić information content (AvgIpc) is 2.49. The summed E-state index contributed by atoms with van der Waals surface area (Å²) in [6.07, 6.45) is 1.02. The van der Waals surface area contributed by atoms with Gasteiger partial charge in [-0.25, -0.2) is 0 Å². The number of pyridine rings is 1. The van der Waals surface area contributed by atoms with Crippen LogP contribution >= 0.6 is 28.3 Å². The highest BCUT2D eigenvalue weighted by Crippen LogP contribution is 2.37. The number of aryl methyl sites for hydroxylation is 2. The highest BCUT2D eigenvalue weighted by atomic mass is 79.9. The molecule has 5 heteroatoms. The summed E-state index contributed by atoms with van der Waals surface area (Å²) in [7, 11) is 0. The van der Waals surface area contributed by atoms with Crippen molar-refractivity contribution < 1.29 is 0 Å². The van der Waals surface area contributed by atoms with Crippen molar-refractivity contribution in [2.75, 3.05) is 31.1 Å². The average molecular weight is 371 g/mol. The van der Waals surface area contributed by atoms with Crippen LogP contribution in [0.3, 0.4) is 0 Å². The Kier molecular flexibility index (Phi) is 5.47. The third-order valence-corrected chi connectivity index (χ3v) is 4.94. The predicted octanol–water partition coefficient (Wildman–Crippen LogP) is 3.70. The minimum atomic E-state index is 0. The highest BCUT2D eigenvalue weighted by Gasteiger charge is 2.19. The third kappa shape index (κ3) is 3.03. The number of anilines is 1. The van der Waals surface area contributed by atoms with Crippen LogP contribution in [0, 0.1) is 6.92 Å². The number of aromatic nitrogens is 1. The number of hydrogen-bond acceptors (Lipinski definition) is 3. The van der Waals surface area contributed by atoms with E-state index in [9.17, 15) is 0 Å². The maximum absolute atomic E-state index is 4.81. The van der Waals surface area contributed by atoms with E-state index in [0.29, 0.717) is 0 Å². The summed E-state index contributed by atoms with van der Waals surface area (Å²) < 4.78 is 1.14. The van der Waals surface area contributed by atoms with Gasteiger partial charge in [0.2, 0.25) is 0 Å². The largest absolute Gasteiger partial charge is 0.367 e. The molecule has 2 heterocycles. The van der Waals surface area contributed by atoms with Crippen molar-refractivity contribution in [3.8, 4) is 0 Å². The quantitative estimate of drug-likeness (QED) is 0.873. The number of piperazine rings is 1. The molecule has 1 aromatic heterocycles. The zero-order valence-corrected chi connectivity index (χ0v) is 14.9. The first-order chi connectivity index (χ1) is 9.72. The predicted molar refractivity (Wildman–Crippen MR) is 95.9 cm³/mol. The second-order valence-corrected chi connectivity index (χ2v) is 6.06. The van der Waals surface area contributed by atoms with E-state index in [-0.39, 0.29) is 12.4 Å². The van der Waals surface area contributed by atoms with Crippen molar-refractivity contribution in [3.05, 3.63) is 33.9 Å². The third-order valence-electron chi connectivity index (χ3n) is 3.99. The van der Waals surface area contributed by atoms with Crippen molar-refractivity contribution in [3.63, 3.8) is 0 Å². The topological polar surface area (TPSA) is 28.2 Å². The summed E-state index contributed by atoms with van der Waals surface area (Å²) >= 11 is 3.76. The molecule has 1 fully saturated rings. The Labute approximate surface area is 140 Å². The Morgan fingerprint density at radius 1 is 1.29 bits per heavy atom. The number of para-hydroxylation sites is 1. The van der Waals surface area contributed by atoms with E-state index < -0.39 is 0 Å². The van der Waals surface area contributed by atoms with Crippen LogP contribution in [0.5, 0.6) is 0 Å². The van der Waals surface area contributed by atoms with Crippen LogP contribution in [0.4, 0.5) is 5.69 Å². The number of hydrogen-bond donors (Lipinski definition) is 1. The Balaban J connectivity index is 0.00000161. The zero-order chi connectivity index (χ0) is 14.1. The Morgan fingerprint density at radius 3 is 2.67 bits per heavy atom. The lowest BCUT2D eigenvalue weighted by atomic mass is 10.0. The summed E-state index contributed by atoms with van der Waals surface area (Å²) in [5, 5.41) is 4.68. The lowest BCUT2D eigenvalue weighted by Crippen LogP contribution is -2.43. The summed E-state index contributed by atoms with van der Waals surface area (Å²) in [5.41, 5.74) is 4.87. The Morgan fingerprint density at radius 2 is 2.00 bits per heavy atom. The maximum Gasteiger partial charge on any atom is 0.0758 e. The molecule has 114 valence electrons. The van der Waals surface area contributed by atoms with Crippen LogP contribution in [-0.2, 0) is 6.42 Å². The molecule has 0 aliphatic carbocycles. The van der Waals surface area contributed by atoms with E-state index in [1.165, 1.54) is 16.6 Å². The van der Waals surface area contributed by atoms with Crippen LogP contribution in [-0.4, -0.2) is 31.2 Å². The van der Waals surface area contributed by atoms with E-state index in [2.05, 4.69) is 58.2 Å². The van der Waals surface area contributed by atoms with Gasteiger partial charge in [0.25, 0.3) is 0 Å². The number of benzene rings is 1. The normalized spacial score (nSPS) is 15.1. The van der Waals surface area contributed by atoms with Gasteiger partial charge in [-0.2, -0.15) is 0 Å². The van der Waals surface area contributed by atoms with Crippen LogP contribution in [0.25, 0.3) is 10.9 Å².